The number of hydrogen-bond acceptors (Lipinski definition) is 6. The van der Waals surface area contributed by atoms with Gasteiger partial charge in [-0.15, -0.1) is 0 Å². The van der Waals surface area contributed by atoms with E-state index in [1.54, 1.807) is 11.9 Å². The maximum absolute atomic E-state index is 13.3. The van der Waals surface area contributed by atoms with Crippen LogP contribution in [0.3, 0.4) is 0 Å². The molecule has 182 valence electrons. The molecule has 2 aliphatic rings. The average molecular weight is 476 g/mol. The quantitative estimate of drug-likeness (QED) is 0.366. The number of carbonyl (C=O) groups excluding carboxylic acids is 2. The molecule has 2 fully saturated rings. The highest BCUT2D eigenvalue weighted by atomic mass is 32.2. The predicted octanol–water partition coefficient (Wildman–Crippen LogP) is 4.33. The molecule has 1 unspecified atom stereocenters. The number of carbonyl (C=O) groups is 2. The molecule has 0 aliphatic carbocycles. The van der Waals surface area contributed by atoms with Crippen LogP contribution in [-0.2, 0) is 19.2 Å². The first-order valence-electron chi connectivity index (χ1n) is 12.0. The minimum Gasteiger partial charge on any atom is -0.350 e. The van der Waals surface area contributed by atoms with Crippen molar-refractivity contribution in [2.75, 3.05) is 18.9 Å². The number of rotatable bonds is 11. The molecule has 7 nitrogen and oxygen atoms in total. The van der Waals surface area contributed by atoms with E-state index < -0.39 is 18.1 Å². The van der Waals surface area contributed by atoms with Crippen LogP contribution in [0.4, 0.5) is 0 Å². The summed E-state index contributed by atoms with van der Waals surface area (Å²) in [6.45, 7) is 5.60. The van der Waals surface area contributed by atoms with E-state index in [0.29, 0.717) is 19.4 Å². The molecule has 2 heterocycles. The van der Waals surface area contributed by atoms with Gasteiger partial charge in [0.25, 0.3) is 0 Å². The van der Waals surface area contributed by atoms with Gasteiger partial charge in [-0.1, -0.05) is 68.3 Å². The van der Waals surface area contributed by atoms with Crippen LogP contribution in [0.2, 0.25) is 0 Å². The summed E-state index contributed by atoms with van der Waals surface area (Å²) in [6.07, 6.45) is 8.39. The number of hydroxylamine groups is 1. The minimum absolute atomic E-state index is 0.111. The van der Waals surface area contributed by atoms with E-state index in [4.69, 9.17) is 9.57 Å². The molecule has 2 aliphatic heterocycles. The van der Waals surface area contributed by atoms with Crippen molar-refractivity contribution in [3.05, 3.63) is 42.0 Å². The van der Waals surface area contributed by atoms with Gasteiger partial charge in [0.2, 0.25) is 11.8 Å². The van der Waals surface area contributed by atoms with Gasteiger partial charge < -0.3 is 4.74 Å². The summed E-state index contributed by atoms with van der Waals surface area (Å²) in [6, 6.07) is 9.95. The van der Waals surface area contributed by atoms with Crippen molar-refractivity contribution in [2.24, 2.45) is 17.8 Å². The van der Waals surface area contributed by atoms with Crippen LogP contribution in [-0.4, -0.2) is 41.4 Å². The molecule has 2 N–H and O–H groups in total. The fourth-order valence-electron chi connectivity index (χ4n) is 4.08. The first kappa shape index (κ1) is 25.7. The number of hydrogen-bond donors (Lipinski definition) is 2. The number of allylic oxidation sites excluding steroid dienone is 1. The standard InChI is InChI=1S/C25H37N3O4S/c1-19(2)18-22(24(29)26-28-15-9-17-33-28)21(13-8-12-20-10-4-3-5-11-20)25(30)27-32-23-14-6-7-16-31-23/h3-5,8,10-12,19,21-23H,6-7,9,13-18H2,1-2H3,(H,26,29)(H,27,30)/b12-8+/t21-,22+,23?/m0/s1. The van der Waals surface area contributed by atoms with Crippen molar-refractivity contribution in [1.82, 2.24) is 15.3 Å². The van der Waals surface area contributed by atoms with Gasteiger partial charge in [0.1, 0.15) is 0 Å². The molecule has 2 amide bonds. The third-order valence-electron chi connectivity index (χ3n) is 5.80. The topological polar surface area (TPSA) is 79.9 Å². The molecule has 8 heteroatoms. The highest BCUT2D eigenvalue weighted by Gasteiger charge is 2.35. The second-order valence-corrected chi connectivity index (χ2v) is 10.1. The maximum atomic E-state index is 13.3. The van der Waals surface area contributed by atoms with Gasteiger partial charge in [-0.3, -0.25) is 15.0 Å². The summed E-state index contributed by atoms with van der Waals surface area (Å²) >= 11 is 1.62. The van der Waals surface area contributed by atoms with E-state index in [-0.39, 0.29) is 17.7 Å². The van der Waals surface area contributed by atoms with E-state index in [1.807, 2.05) is 46.9 Å². The normalized spacial score (nSPS) is 21.2. The number of benzene rings is 1. The molecular weight excluding hydrogens is 438 g/mol. The zero-order chi connectivity index (χ0) is 23.5. The van der Waals surface area contributed by atoms with Crippen molar-refractivity contribution >= 4 is 29.8 Å². The second kappa shape index (κ2) is 13.7. The Labute approximate surface area is 201 Å². The smallest absolute Gasteiger partial charge is 0.247 e. The zero-order valence-corrected chi connectivity index (χ0v) is 20.5. The Morgan fingerprint density at radius 2 is 2.00 bits per heavy atom. The first-order chi connectivity index (χ1) is 16.0. The van der Waals surface area contributed by atoms with E-state index in [2.05, 4.69) is 24.8 Å². The van der Waals surface area contributed by atoms with Crippen LogP contribution in [0, 0.1) is 17.8 Å². The SMILES string of the molecule is CC(C)C[C@@H](C(=O)NN1CCCS1)[C@H](C/C=C/c1ccccc1)C(=O)NOC1CCCCO1. The minimum atomic E-state index is -0.552. The van der Waals surface area contributed by atoms with Crippen LogP contribution in [0.1, 0.15) is 57.9 Å². The molecule has 0 bridgehead atoms. The molecule has 0 saturated carbocycles. The lowest BCUT2D eigenvalue weighted by molar-refractivity contribution is -0.203. The van der Waals surface area contributed by atoms with Gasteiger partial charge in [-0.25, -0.2) is 10.3 Å². The van der Waals surface area contributed by atoms with Gasteiger partial charge in [-0.05, 0) is 43.6 Å². The summed E-state index contributed by atoms with van der Waals surface area (Å²) in [4.78, 5) is 32.1. The maximum Gasteiger partial charge on any atom is 0.247 e. The molecular formula is C25H37N3O4S. The Morgan fingerprint density at radius 3 is 2.67 bits per heavy atom. The fourth-order valence-corrected chi connectivity index (χ4v) is 4.97. The number of nitrogens with zero attached hydrogens (tertiary/aromatic N) is 1. The summed E-state index contributed by atoms with van der Waals surface area (Å²) < 4.78 is 7.45. The van der Waals surface area contributed by atoms with Crippen molar-refractivity contribution in [3.8, 4) is 0 Å². The van der Waals surface area contributed by atoms with E-state index in [9.17, 15) is 9.59 Å². The number of amides is 2. The van der Waals surface area contributed by atoms with Crippen LogP contribution in [0.15, 0.2) is 36.4 Å². The van der Waals surface area contributed by atoms with Crippen LogP contribution >= 0.6 is 11.9 Å². The third kappa shape index (κ3) is 8.77. The second-order valence-electron chi connectivity index (χ2n) is 9.04. The Kier molecular flexibility index (Phi) is 10.7. The Hall–Kier alpha value is -1.87. The van der Waals surface area contributed by atoms with Gasteiger partial charge in [0, 0.05) is 25.3 Å². The van der Waals surface area contributed by atoms with Gasteiger partial charge in [0.15, 0.2) is 6.29 Å². The monoisotopic (exact) mass is 475 g/mol. The number of hydrazine groups is 1. The van der Waals surface area contributed by atoms with Gasteiger partial charge >= 0.3 is 0 Å². The highest BCUT2D eigenvalue weighted by molar-refractivity contribution is 7.97. The largest absolute Gasteiger partial charge is 0.350 e. The lowest BCUT2D eigenvalue weighted by Crippen LogP contribution is -2.47. The lowest BCUT2D eigenvalue weighted by Gasteiger charge is -2.29. The average Bonchev–Trinajstić information content (AvgIpc) is 3.33. The van der Waals surface area contributed by atoms with Crippen molar-refractivity contribution < 1.29 is 19.2 Å². The summed E-state index contributed by atoms with van der Waals surface area (Å²) in [5.74, 6) is -0.153. The summed E-state index contributed by atoms with van der Waals surface area (Å²) in [5, 5.41) is 0. The first-order valence-corrected chi connectivity index (χ1v) is 13.0. The molecule has 3 atom stereocenters. The predicted molar refractivity (Wildman–Crippen MR) is 131 cm³/mol. The van der Waals surface area contributed by atoms with Crippen molar-refractivity contribution in [2.45, 2.75) is 58.7 Å². The Morgan fingerprint density at radius 1 is 1.18 bits per heavy atom. The third-order valence-corrected chi connectivity index (χ3v) is 6.86. The van der Waals surface area contributed by atoms with E-state index >= 15 is 0 Å². The fraction of sp³-hybridized carbons (Fsp3) is 0.600. The molecule has 0 spiro atoms. The van der Waals surface area contributed by atoms with E-state index in [1.165, 1.54) is 0 Å². The van der Waals surface area contributed by atoms with E-state index in [0.717, 1.165) is 43.5 Å². The van der Waals surface area contributed by atoms with Gasteiger partial charge in [0.05, 0.1) is 11.8 Å². The summed E-state index contributed by atoms with van der Waals surface area (Å²) in [7, 11) is 0. The van der Waals surface area contributed by atoms with Crippen LogP contribution in [0.25, 0.3) is 6.08 Å². The molecule has 33 heavy (non-hydrogen) atoms. The molecule has 1 aromatic carbocycles. The molecule has 0 radical (unpaired) electrons. The summed E-state index contributed by atoms with van der Waals surface area (Å²) in [5.41, 5.74) is 6.69. The molecule has 2 saturated heterocycles. The van der Waals surface area contributed by atoms with Crippen molar-refractivity contribution in [3.63, 3.8) is 0 Å². The lowest BCUT2D eigenvalue weighted by atomic mass is 9.82. The van der Waals surface area contributed by atoms with Crippen LogP contribution in [0.5, 0.6) is 0 Å². The van der Waals surface area contributed by atoms with Crippen LogP contribution < -0.4 is 10.9 Å². The Balaban J connectivity index is 1.72. The molecule has 3 rings (SSSR count). The Bertz CT molecular complexity index is 762. The number of nitrogens with one attached hydrogen (secondary N) is 2. The molecule has 0 aromatic heterocycles. The van der Waals surface area contributed by atoms with Crippen molar-refractivity contribution in [1.29, 1.82) is 0 Å². The highest BCUT2D eigenvalue weighted by Crippen LogP contribution is 2.27. The number of ether oxygens (including phenoxy) is 1. The zero-order valence-electron chi connectivity index (χ0n) is 19.7. The van der Waals surface area contributed by atoms with Gasteiger partial charge in [-0.2, -0.15) is 4.41 Å². The molecule has 1 aromatic rings.